The standard InChI is InChI=1S/C18H19NO4.Na/c1-23-13-7-5-12(6-8-13)17(20)16-10-9-15-14(18(21)22)4-2-3-11-19(15)16;/h5-10,14H,2-4,11H2,1H3,(H,21,22);/q;+1/p-1. The fourth-order valence-electron chi connectivity index (χ4n) is 3.13. The van der Waals surface area contributed by atoms with Gasteiger partial charge in [0.1, 0.15) is 5.75 Å². The fourth-order valence-corrected chi connectivity index (χ4v) is 3.13. The molecular weight excluding hydrogens is 317 g/mol. The predicted molar refractivity (Wildman–Crippen MR) is 82.5 cm³/mol. The van der Waals surface area contributed by atoms with Crippen LogP contribution in [0.4, 0.5) is 0 Å². The summed E-state index contributed by atoms with van der Waals surface area (Å²) < 4.78 is 6.93. The summed E-state index contributed by atoms with van der Waals surface area (Å²) in [5, 5.41) is 11.4. The molecule has 0 amide bonds. The molecule has 0 aliphatic carbocycles. The third kappa shape index (κ3) is 3.58. The number of hydrogen-bond donors (Lipinski definition) is 0. The molecule has 2 aromatic rings. The number of aliphatic carboxylic acids is 1. The first-order valence-corrected chi connectivity index (χ1v) is 7.71. The number of carboxylic acid groups (broad SMARTS) is 1. The van der Waals surface area contributed by atoms with Crippen LogP contribution in [-0.2, 0) is 11.3 Å². The van der Waals surface area contributed by atoms with Crippen molar-refractivity contribution in [3.63, 3.8) is 0 Å². The molecule has 0 saturated carbocycles. The maximum atomic E-state index is 12.7. The first-order chi connectivity index (χ1) is 11.1. The van der Waals surface area contributed by atoms with E-state index in [1.807, 2.05) is 4.57 Å². The predicted octanol–water partition coefficient (Wildman–Crippen LogP) is -1.25. The fraction of sp³-hybridized carbons (Fsp3) is 0.333. The number of ketones is 1. The minimum Gasteiger partial charge on any atom is -0.549 e. The van der Waals surface area contributed by atoms with E-state index in [0.717, 1.165) is 12.8 Å². The summed E-state index contributed by atoms with van der Waals surface area (Å²) >= 11 is 0. The molecule has 0 radical (unpaired) electrons. The van der Waals surface area contributed by atoms with Crippen molar-refractivity contribution < 1.29 is 49.0 Å². The van der Waals surface area contributed by atoms with Crippen LogP contribution in [0.25, 0.3) is 0 Å². The van der Waals surface area contributed by atoms with Gasteiger partial charge in [0.25, 0.3) is 0 Å². The van der Waals surface area contributed by atoms with Crippen LogP contribution < -0.4 is 39.4 Å². The van der Waals surface area contributed by atoms with Gasteiger partial charge in [-0.1, -0.05) is 6.42 Å². The summed E-state index contributed by atoms with van der Waals surface area (Å²) in [7, 11) is 1.57. The Bertz CT molecular complexity index is 736. The molecule has 1 aromatic carbocycles. The van der Waals surface area contributed by atoms with Gasteiger partial charge in [-0.2, -0.15) is 0 Å². The van der Waals surface area contributed by atoms with Crippen molar-refractivity contribution in [3.05, 3.63) is 53.3 Å². The van der Waals surface area contributed by atoms with Gasteiger partial charge in [-0.05, 0) is 49.2 Å². The summed E-state index contributed by atoms with van der Waals surface area (Å²) in [6.07, 6.45) is 2.23. The summed E-state index contributed by atoms with van der Waals surface area (Å²) in [6, 6.07) is 10.4. The van der Waals surface area contributed by atoms with Crippen LogP contribution in [0, 0.1) is 0 Å². The third-order valence-corrected chi connectivity index (χ3v) is 4.37. The Morgan fingerprint density at radius 3 is 2.46 bits per heavy atom. The number of carboxylic acids is 1. The molecule has 3 rings (SSSR count). The van der Waals surface area contributed by atoms with Crippen molar-refractivity contribution in [2.24, 2.45) is 0 Å². The quantitative estimate of drug-likeness (QED) is 0.517. The van der Waals surface area contributed by atoms with Gasteiger partial charge in [0, 0.05) is 23.7 Å². The van der Waals surface area contributed by atoms with E-state index < -0.39 is 11.9 Å². The van der Waals surface area contributed by atoms with Gasteiger partial charge in [0.15, 0.2) is 0 Å². The van der Waals surface area contributed by atoms with Crippen LogP contribution >= 0.6 is 0 Å². The average Bonchev–Trinajstić information content (AvgIpc) is 2.85. The van der Waals surface area contributed by atoms with Crippen molar-refractivity contribution in [1.82, 2.24) is 4.57 Å². The Morgan fingerprint density at radius 2 is 1.83 bits per heavy atom. The van der Waals surface area contributed by atoms with E-state index >= 15 is 0 Å². The smallest absolute Gasteiger partial charge is 0.549 e. The number of fused-ring (bicyclic) bond motifs is 1. The van der Waals surface area contributed by atoms with Crippen molar-refractivity contribution in [2.45, 2.75) is 31.7 Å². The first kappa shape index (κ1) is 18.8. The molecule has 5 nitrogen and oxygen atoms in total. The second kappa shape index (κ2) is 8.01. The van der Waals surface area contributed by atoms with E-state index in [9.17, 15) is 14.7 Å². The van der Waals surface area contributed by atoms with E-state index in [1.54, 1.807) is 43.5 Å². The molecule has 1 aliphatic heterocycles. The van der Waals surface area contributed by atoms with Gasteiger partial charge in [-0.25, -0.2) is 0 Å². The zero-order valence-electron chi connectivity index (χ0n) is 14.0. The summed E-state index contributed by atoms with van der Waals surface area (Å²) in [4.78, 5) is 24.1. The Balaban J connectivity index is 0.00000208. The van der Waals surface area contributed by atoms with E-state index in [-0.39, 0.29) is 35.3 Å². The number of aromatic nitrogens is 1. The second-order valence-corrected chi connectivity index (χ2v) is 5.72. The molecule has 0 spiro atoms. The molecule has 0 bridgehead atoms. The second-order valence-electron chi connectivity index (χ2n) is 5.72. The van der Waals surface area contributed by atoms with Gasteiger partial charge in [-0.3, -0.25) is 4.79 Å². The number of hydrogen-bond acceptors (Lipinski definition) is 4. The van der Waals surface area contributed by atoms with Crippen LogP contribution in [0.2, 0.25) is 0 Å². The van der Waals surface area contributed by atoms with E-state index in [2.05, 4.69) is 0 Å². The first-order valence-electron chi connectivity index (χ1n) is 7.71. The van der Waals surface area contributed by atoms with Gasteiger partial charge >= 0.3 is 29.6 Å². The zero-order valence-corrected chi connectivity index (χ0v) is 16.0. The summed E-state index contributed by atoms with van der Waals surface area (Å²) in [6.45, 7) is 0.656. The van der Waals surface area contributed by atoms with Crippen molar-refractivity contribution in [3.8, 4) is 5.75 Å². The molecule has 2 heterocycles. The zero-order chi connectivity index (χ0) is 16.4. The van der Waals surface area contributed by atoms with Crippen molar-refractivity contribution >= 4 is 11.8 Å². The number of benzene rings is 1. The number of methoxy groups -OCH3 is 1. The molecule has 0 N–H and O–H groups in total. The molecule has 6 heteroatoms. The van der Waals surface area contributed by atoms with Gasteiger partial charge in [-0.15, -0.1) is 0 Å². The van der Waals surface area contributed by atoms with Crippen LogP contribution in [0.5, 0.6) is 5.75 Å². The minimum absolute atomic E-state index is 0. The van der Waals surface area contributed by atoms with Crippen LogP contribution in [0.15, 0.2) is 36.4 Å². The molecule has 1 aliphatic rings. The van der Waals surface area contributed by atoms with Crippen molar-refractivity contribution in [2.75, 3.05) is 7.11 Å². The Labute approximate surface area is 162 Å². The van der Waals surface area contributed by atoms with E-state index in [0.29, 0.717) is 35.7 Å². The molecule has 1 aromatic heterocycles. The molecule has 1 unspecified atom stereocenters. The number of carbonyl (C=O) groups excluding carboxylic acids is 2. The molecule has 120 valence electrons. The normalized spacial score (nSPS) is 16.5. The van der Waals surface area contributed by atoms with E-state index in [4.69, 9.17) is 4.74 Å². The van der Waals surface area contributed by atoms with Crippen LogP contribution in [-0.4, -0.2) is 23.4 Å². The maximum Gasteiger partial charge on any atom is 1.00 e. The average molecular weight is 335 g/mol. The summed E-state index contributed by atoms with van der Waals surface area (Å²) in [5.41, 5.74) is 1.75. The molecular formula is C18H18NNaO4. The molecule has 24 heavy (non-hydrogen) atoms. The topological polar surface area (TPSA) is 71.4 Å². The Hall–Kier alpha value is -1.56. The molecule has 0 fully saturated rings. The maximum absolute atomic E-state index is 12.7. The van der Waals surface area contributed by atoms with Gasteiger partial charge in [0.05, 0.1) is 18.8 Å². The number of nitrogens with zero attached hydrogens (tertiary/aromatic N) is 1. The van der Waals surface area contributed by atoms with Crippen LogP contribution in [0.3, 0.4) is 0 Å². The van der Waals surface area contributed by atoms with Crippen molar-refractivity contribution in [1.29, 1.82) is 0 Å². The van der Waals surface area contributed by atoms with Gasteiger partial charge < -0.3 is 19.2 Å². The largest absolute Gasteiger partial charge is 1.00 e. The number of rotatable bonds is 4. The molecule has 1 atom stereocenters. The number of carbonyl (C=O) groups is 2. The monoisotopic (exact) mass is 335 g/mol. The Kier molecular flexibility index (Phi) is 6.27. The third-order valence-electron chi connectivity index (χ3n) is 4.37. The van der Waals surface area contributed by atoms with E-state index in [1.165, 1.54) is 0 Å². The SMILES string of the molecule is COc1ccc(C(=O)c2ccc3n2CCCCC3C(=O)[O-])cc1.[Na+]. The summed E-state index contributed by atoms with van der Waals surface area (Å²) in [5.74, 6) is -1.14. The Morgan fingerprint density at radius 1 is 1.12 bits per heavy atom. The minimum atomic E-state index is -1.07. The van der Waals surface area contributed by atoms with Gasteiger partial charge in [0.2, 0.25) is 5.78 Å². The number of ether oxygens (including phenoxy) is 1. The van der Waals surface area contributed by atoms with Crippen LogP contribution in [0.1, 0.15) is 46.9 Å². The molecule has 0 saturated heterocycles.